The molecule has 0 saturated carbocycles. The molecule has 0 heterocycles. The fraction of sp³-hybridized carbons (Fsp3) is 0. The first kappa shape index (κ1) is 10.5. The summed E-state index contributed by atoms with van der Waals surface area (Å²) in [6, 6.07) is 4.94. The Hall–Kier alpha value is -1.55. The Morgan fingerprint density at radius 1 is 1.36 bits per heavy atom. The van der Waals surface area contributed by atoms with Gasteiger partial charge in [0.15, 0.2) is 10.7 Å². The van der Waals surface area contributed by atoms with Crippen LogP contribution in [0.3, 0.4) is 0 Å². The third-order valence-electron chi connectivity index (χ3n) is 1.78. The van der Waals surface area contributed by atoms with Crippen LogP contribution < -0.4 is 16.2 Å². The van der Waals surface area contributed by atoms with E-state index in [-0.39, 0.29) is 4.90 Å². The smallest absolute Gasteiger partial charge is 0.168 e. The second kappa shape index (κ2) is 4.62. The van der Waals surface area contributed by atoms with E-state index in [9.17, 15) is 8.42 Å². The molecule has 0 atom stereocenters. The van der Waals surface area contributed by atoms with Gasteiger partial charge in [-0.2, -0.15) is 0 Å². The predicted octanol–water partition coefficient (Wildman–Crippen LogP) is -0.680. The molecular weight excluding hydrogens is 198 g/mol. The van der Waals surface area contributed by atoms with E-state index in [1.165, 1.54) is 18.3 Å². The van der Waals surface area contributed by atoms with Crippen LogP contribution in [0, 0.1) is 0 Å². The highest BCUT2D eigenvalue weighted by Crippen LogP contribution is 1.89. The maximum absolute atomic E-state index is 10.9. The zero-order valence-electron chi connectivity index (χ0n) is 7.51. The van der Waals surface area contributed by atoms with Crippen molar-refractivity contribution in [1.29, 1.82) is 0 Å². The summed E-state index contributed by atoms with van der Waals surface area (Å²) in [4.78, 5) is 0.263. The molecule has 0 amide bonds. The fourth-order valence-electron chi connectivity index (χ4n) is 1.17. The van der Waals surface area contributed by atoms with Gasteiger partial charge in [-0.1, -0.05) is 30.9 Å². The second-order valence-corrected chi connectivity index (χ2v) is 3.60. The number of thiol groups is 1. The lowest BCUT2D eigenvalue weighted by atomic mass is 10.2. The lowest BCUT2D eigenvalue weighted by Crippen LogP contribution is -2.28. The van der Waals surface area contributed by atoms with Crippen molar-refractivity contribution in [3.05, 3.63) is 41.3 Å². The van der Waals surface area contributed by atoms with Gasteiger partial charge in [-0.3, -0.25) is 0 Å². The molecule has 0 radical (unpaired) electrons. The normalized spacial score (nSPS) is 13.5. The van der Waals surface area contributed by atoms with Crippen LogP contribution in [-0.2, 0) is 10.7 Å². The highest BCUT2D eigenvalue weighted by Gasteiger charge is 1.96. The third-order valence-corrected chi connectivity index (χ3v) is 2.56. The van der Waals surface area contributed by atoms with Gasteiger partial charge in [0, 0.05) is 11.4 Å². The Kier molecular flexibility index (Phi) is 3.48. The summed E-state index contributed by atoms with van der Waals surface area (Å²) >= 11 is 0. The summed E-state index contributed by atoms with van der Waals surface area (Å²) in [6.07, 6.45) is 4.53. The molecule has 3 nitrogen and oxygen atoms in total. The molecular formula is C10H11NO2S. The lowest BCUT2D eigenvalue weighted by Gasteiger charge is -1.93. The molecule has 0 aliphatic heterocycles. The molecule has 0 spiro atoms. The quantitative estimate of drug-likeness (QED) is 0.634. The van der Waals surface area contributed by atoms with E-state index < -0.39 is 10.7 Å². The van der Waals surface area contributed by atoms with Crippen molar-refractivity contribution >= 4 is 23.0 Å². The van der Waals surface area contributed by atoms with Gasteiger partial charge in [-0.25, -0.2) is 8.42 Å². The molecule has 0 aliphatic carbocycles. The summed E-state index contributed by atoms with van der Waals surface area (Å²) in [5.74, 6) is 0. The van der Waals surface area contributed by atoms with Crippen LogP contribution in [0.1, 0.15) is 0 Å². The van der Waals surface area contributed by atoms with E-state index in [1.54, 1.807) is 18.2 Å². The van der Waals surface area contributed by atoms with Gasteiger partial charge >= 0.3 is 0 Å². The first-order valence-corrected chi connectivity index (χ1v) is 5.16. The fourth-order valence-corrected chi connectivity index (χ4v) is 1.78. The van der Waals surface area contributed by atoms with E-state index in [0.717, 1.165) is 0 Å². The molecule has 1 aromatic rings. The summed E-state index contributed by atoms with van der Waals surface area (Å²) in [5.41, 5.74) is 5.37. The van der Waals surface area contributed by atoms with E-state index in [2.05, 4.69) is 6.58 Å². The van der Waals surface area contributed by atoms with Gasteiger partial charge in [-0.05, 0) is 11.3 Å². The Balaban J connectivity index is 3.79. The first-order valence-electron chi connectivity index (χ1n) is 3.99. The molecule has 0 unspecified atom stereocenters. The molecule has 0 bridgehead atoms. The minimum atomic E-state index is -2.60. The van der Waals surface area contributed by atoms with E-state index in [1.807, 2.05) is 0 Å². The van der Waals surface area contributed by atoms with Gasteiger partial charge in [-0.15, -0.1) is 0 Å². The zero-order chi connectivity index (χ0) is 10.6. The molecule has 0 aromatic heterocycles. The van der Waals surface area contributed by atoms with Gasteiger partial charge in [0.05, 0.1) is 4.90 Å². The molecule has 1 aromatic carbocycles. The Morgan fingerprint density at radius 3 is 2.57 bits per heavy atom. The topological polar surface area (TPSA) is 60.2 Å². The largest absolute Gasteiger partial charge is 0.404 e. The molecule has 14 heavy (non-hydrogen) atoms. The molecule has 0 fully saturated rings. The summed E-state index contributed by atoms with van der Waals surface area (Å²) in [6.45, 7) is 3.52. The monoisotopic (exact) mass is 209 g/mol. The number of hydrogen-bond acceptors (Lipinski definition) is 3. The lowest BCUT2D eigenvalue weighted by molar-refractivity contribution is 0.614. The van der Waals surface area contributed by atoms with Crippen LogP contribution in [0.15, 0.2) is 35.7 Å². The number of hydrogen-bond donors (Lipinski definition) is 2. The highest BCUT2D eigenvalue weighted by atomic mass is 32.2. The summed E-state index contributed by atoms with van der Waals surface area (Å²) < 4.78 is 21.8. The van der Waals surface area contributed by atoms with Crippen LogP contribution in [0.2, 0.25) is 0 Å². The summed E-state index contributed by atoms with van der Waals surface area (Å²) in [7, 11) is -2.60. The molecule has 2 N–H and O–H groups in total. The standard InChI is InChI=1S/C10H11NO2S/c1-2-4-9-8(7-11)5-3-6-10(9)14(12)13/h2-7,14H,1,11H2/b8-7-,9-4+. The second-order valence-electron chi connectivity index (χ2n) is 2.61. The number of nitrogens with two attached hydrogens (primary N) is 1. The van der Waals surface area contributed by atoms with Crippen molar-refractivity contribution in [1.82, 2.24) is 0 Å². The van der Waals surface area contributed by atoms with Crippen molar-refractivity contribution in [3.8, 4) is 0 Å². The van der Waals surface area contributed by atoms with Crippen LogP contribution in [0.5, 0.6) is 0 Å². The van der Waals surface area contributed by atoms with Crippen molar-refractivity contribution in [2.75, 3.05) is 0 Å². The molecule has 0 saturated heterocycles. The number of allylic oxidation sites excluding steroid dienone is 1. The average Bonchev–Trinajstić information content (AvgIpc) is 2.18. The Bertz CT molecular complexity index is 522. The van der Waals surface area contributed by atoms with Crippen LogP contribution >= 0.6 is 0 Å². The third kappa shape index (κ3) is 2.03. The maximum Gasteiger partial charge on any atom is 0.168 e. The van der Waals surface area contributed by atoms with Gasteiger partial charge in [0.2, 0.25) is 0 Å². The van der Waals surface area contributed by atoms with Gasteiger partial charge < -0.3 is 5.73 Å². The van der Waals surface area contributed by atoms with E-state index in [4.69, 9.17) is 5.73 Å². The van der Waals surface area contributed by atoms with Crippen molar-refractivity contribution < 1.29 is 8.42 Å². The van der Waals surface area contributed by atoms with E-state index >= 15 is 0 Å². The van der Waals surface area contributed by atoms with Crippen LogP contribution in [0.4, 0.5) is 0 Å². The Labute approximate surface area is 83.8 Å². The van der Waals surface area contributed by atoms with Crippen molar-refractivity contribution in [2.45, 2.75) is 4.90 Å². The van der Waals surface area contributed by atoms with Crippen LogP contribution in [-0.4, -0.2) is 8.42 Å². The van der Waals surface area contributed by atoms with Crippen molar-refractivity contribution in [3.63, 3.8) is 0 Å². The van der Waals surface area contributed by atoms with Crippen molar-refractivity contribution in [2.24, 2.45) is 5.73 Å². The predicted molar refractivity (Wildman–Crippen MR) is 57.6 cm³/mol. The number of benzene rings is 1. The molecule has 0 aliphatic rings. The Morgan fingerprint density at radius 2 is 2.07 bits per heavy atom. The highest BCUT2D eigenvalue weighted by molar-refractivity contribution is 7.72. The number of rotatable bonds is 2. The minimum absolute atomic E-state index is 0.263. The molecule has 1 rings (SSSR count). The summed E-state index contributed by atoms with van der Waals surface area (Å²) in [5, 5.41) is 1.27. The van der Waals surface area contributed by atoms with Gasteiger partial charge in [0.25, 0.3) is 0 Å². The van der Waals surface area contributed by atoms with Crippen LogP contribution in [0.25, 0.3) is 12.3 Å². The molecule has 4 heteroatoms. The SMILES string of the molecule is C=C/C=c1/c([SH](=O)=O)ccc/c1=C/N. The minimum Gasteiger partial charge on any atom is -0.404 e. The molecule has 74 valence electrons. The maximum atomic E-state index is 10.9. The zero-order valence-corrected chi connectivity index (χ0v) is 8.41. The average molecular weight is 209 g/mol. The van der Waals surface area contributed by atoms with Gasteiger partial charge in [0.1, 0.15) is 0 Å². The van der Waals surface area contributed by atoms with E-state index in [0.29, 0.717) is 10.4 Å². The first-order chi connectivity index (χ1) is 6.70.